The highest BCUT2D eigenvalue weighted by atomic mass is 19.4. The minimum atomic E-state index is -4.41. The van der Waals surface area contributed by atoms with E-state index in [1.807, 2.05) is 31.2 Å². The van der Waals surface area contributed by atoms with Crippen molar-refractivity contribution in [2.75, 3.05) is 7.05 Å². The Hall–Kier alpha value is -4.15. The van der Waals surface area contributed by atoms with Crippen LogP contribution in [0.2, 0.25) is 0 Å². The van der Waals surface area contributed by atoms with E-state index in [-0.39, 0.29) is 18.2 Å². The second-order valence-corrected chi connectivity index (χ2v) is 9.92. The maximum atomic E-state index is 13.1. The average molecular weight is 569 g/mol. The minimum Gasteiger partial charge on any atom is -0.359 e. The molecule has 0 bridgehead atoms. The van der Waals surface area contributed by atoms with Gasteiger partial charge in [-0.05, 0) is 42.7 Å². The molecule has 8 nitrogen and oxygen atoms in total. The Morgan fingerprint density at radius 2 is 1.76 bits per heavy atom. The molecule has 3 N–H and O–H groups in total. The van der Waals surface area contributed by atoms with Crippen molar-refractivity contribution in [3.05, 3.63) is 71.9 Å². The van der Waals surface area contributed by atoms with Crippen molar-refractivity contribution in [2.45, 2.75) is 70.6 Å². The van der Waals surface area contributed by atoms with Gasteiger partial charge in [0.15, 0.2) is 0 Å². The normalized spacial score (nSPS) is 12.4. The van der Waals surface area contributed by atoms with Gasteiger partial charge >= 0.3 is 6.18 Å². The number of benzene rings is 2. The minimum absolute atomic E-state index is 0.0134. The van der Waals surface area contributed by atoms with Gasteiger partial charge < -0.3 is 20.2 Å². The van der Waals surface area contributed by atoms with Gasteiger partial charge in [-0.3, -0.25) is 9.59 Å². The molecule has 11 heteroatoms. The standard InChI is InChI=1S/C30H35F3N6O2/c1-3-26-36-22-9-7-8-11-25(22)39(26)18-17-28(41)37-23(10-5-4-6-12-27(40)34-2)29-35-19-24(38-29)20-13-15-21(16-14-20)30(31,32)33/h7-9,11,13-16,19,23H,3-6,10,12,17-18H2,1-2H3,(H,34,40)(H,35,38)(H,37,41). The smallest absolute Gasteiger partial charge is 0.359 e. The molecule has 1 unspecified atom stereocenters. The second-order valence-electron chi connectivity index (χ2n) is 9.92. The first-order valence-electron chi connectivity index (χ1n) is 13.9. The molecule has 0 aliphatic rings. The second kappa shape index (κ2) is 13.5. The number of nitrogens with zero attached hydrogens (tertiary/aromatic N) is 3. The van der Waals surface area contributed by atoms with Crippen LogP contribution in [0.5, 0.6) is 0 Å². The number of alkyl halides is 3. The summed E-state index contributed by atoms with van der Waals surface area (Å²) in [6, 6.07) is 12.3. The number of amides is 2. The number of fused-ring (bicyclic) bond motifs is 1. The average Bonchev–Trinajstić information content (AvgIpc) is 3.60. The maximum absolute atomic E-state index is 13.1. The molecule has 0 spiro atoms. The fourth-order valence-electron chi connectivity index (χ4n) is 4.84. The molecule has 2 aromatic heterocycles. The molecule has 2 aromatic carbocycles. The Labute approximate surface area is 236 Å². The molecule has 0 saturated carbocycles. The Bertz CT molecular complexity index is 1460. The van der Waals surface area contributed by atoms with Crippen LogP contribution in [0.1, 0.15) is 68.7 Å². The lowest BCUT2D eigenvalue weighted by Crippen LogP contribution is -2.30. The van der Waals surface area contributed by atoms with Gasteiger partial charge in [0, 0.05) is 32.9 Å². The van der Waals surface area contributed by atoms with Crippen LogP contribution in [-0.2, 0) is 28.7 Å². The highest BCUT2D eigenvalue weighted by Gasteiger charge is 2.30. The van der Waals surface area contributed by atoms with E-state index in [0.717, 1.165) is 54.7 Å². The number of para-hydroxylation sites is 2. The van der Waals surface area contributed by atoms with Crippen LogP contribution in [0.3, 0.4) is 0 Å². The zero-order valence-electron chi connectivity index (χ0n) is 23.2. The lowest BCUT2D eigenvalue weighted by Gasteiger charge is -2.17. The van der Waals surface area contributed by atoms with E-state index >= 15 is 0 Å². The van der Waals surface area contributed by atoms with Gasteiger partial charge in [-0.2, -0.15) is 13.2 Å². The van der Waals surface area contributed by atoms with Crippen molar-refractivity contribution in [2.24, 2.45) is 0 Å². The van der Waals surface area contributed by atoms with Crippen LogP contribution in [0.4, 0.5) is 13.2 Å². The summed E-state index contributed by atoms with van der Waals surface area (Å²) in [4.78, 5) is 37.0. The number of aromatic amines is 1. The Kier molecular flexibility index (Phi) is 9.80. The number of carbonyl (C=O) groups is 2. The number of halogens is 3. The van der Waals surface area contributed by atoms with E-state index in [0.29, 0.717) is 36.5 Å². The van der Waals surface area contributed by atoms with Gasteiger partial charge in [-0.1, -0.05) is 44.0 Å². The molecule has 4 aromatic rings. The van der Waals surface area contributed by atoms with E-state index in [1.54, 1.807) is 13.2 Å². The van der Waals surface area contributed by atoms with Gasteiger partial charge in [-0.15, -0.1) is 0 Å². The molecule has 1 atom stereocenters. The molecule has 0 aliphatic carbocycles. The van der Waals surface area contributed by atoms with Crippen LogP contribution in [0, 0.1) is 0 Å². The third-order valence-corrected chi connectivity index (χ3v) is 7.07. The van der Waals surface area contributed by atoms with Crippen molar-refractivity contribution < 1.29 is 22.8 Å². The number of imidazole rings is 2. The van der Waals surface area contributed by atoms with Crippen molar-refractivity contribution in [1.82, 2.24) is 30.2 Å². The highest BCUT2D eigenvalue weighted by molar-refractivity contribution is 5.78. The summed E-state index contributed by atoms with van der Waals surface area (Å²) < 4.78 is 41.0. The number of carbonyl (C=O) groups excluding carboxylic acids is 2. The topological polar surface area (TPSA) is 105 Å². The van der Waals surface area contributed by atoms with Gasteiger partial charge in [0.25, 0.3) is 0 Å². The monoisotopic (exact) mass is 568 g/mol. The molecular formula is C30H35F3N6O2. The van der Waals surface area contributed by atoms with Gasteiger partial charge in [0.1, 0.15) is 11.6 Å². The molecule has 41 heavy (non-hydrogen) atoms. The number of H-pyrrole nitrogens is 1. The summed E-state index contributed by atoms with van der Waals surface area (Å²) >= 11 is 0. The van der Waals surface area contributed by atoms with Crippen LogP contribution in [0.15, 0.2) is 54.7 Å². The zero-order chi connectivity index (χ0) is 29.4. The van der Waals surface area contributed by atoms with Crippen LogP contribution < -0.4 is 10.6 Å². The first-order valence-corrected chi connectivity index (χ1v) is 13.9. The summed E-state index contributed by atoms with van der Waals surface area (Å²) in [7, 11) is 1.61. The number of aryl methyl sites for hydroxylation is 2. The van der Waals surface area contributed by atoms with E-state index in [9.17, 15) is 22.8 Å². The third-order valence-electron chi connectivity index (χ3n) is 7.07. The summed E-state index contributed by atoms with van der Waals surface area (Å²) in [5.41, 5.74) is 2.28. The fourth-order valence-corrected chi connectivity index (χ4v) is 4.84. The fraction of sp³-hybridized carbons (Fsp3) is 0.400. The van der Waals surface area contributed by atoms with Crippen molar-refractivity contribution in [3.63, 3.8) is 0 Å². The largest absolute Gasteiger partial charge is 0.416 e. The van der Waals surface area contributed by atoms with E-state index < -0.39 is 17.8 Å². The molecule has 0 saturated heterocycles. The third kappa shape index (κ3) is 7.74. The summed E-state index contributed by atoms with van der Waals surface area (Å²) in [5.74, 6) is 1.29. The predicted octanol–water partition coefficient (Wildman–Crippen LogP) is 5.95. The lowest BCUT2D eigenvalue weighted by molar-refractivity contribution is -0.137. The molecule has 2 amide bonds. The van der Waals surface area contributed by atoms with Crippen molar-refractivity contribution in [3.8, 4) is 11.3 Å². The van der Waals surface area contributed by atoms with Gasteiger partial charge in [0.05, 0.1) is 34.5 Å². The van der Waals surface area contributed by atoms with Crippen LogP contribution >= 0.6 is 0 Å². The summed E-state index contributed by atoms with van der Waals surface area (Å²) in [6.07, 6.45) is 1.44. The first-order chi connectivity index (χ1) is 19.7. The number of unbranched alkanes of at least 4 members (excludes halogenated alkanes) is 2. The molecule has 0 radical (unpaired) electrons. The number of hydrogen-bond acceptors (Lipinski definition) is 4. The summed E-state index contributed by atoms with van der Waals surface area (Å²) in [6.45, 7) is 2.51. The number of hydrogen-bond donors (Lipinski definition) is 3. The predicted molar refractivity (Wildman–Crippen MR) is 151 cm³/mol. The quantitative estimate of drug-likeness (QED) is 0.173. The maximum Gasteiger partial charge on any atom is 0.416 e. The number of rotatable bonds is 13. The lowest BCUT2D eigenvalue weighted by atomic mass is 10.1. The molecule has 0 aliphatic heterocycles. The number of nitrogens with one attached hydrogen (secondary N) is 3. The van der Waals surface area contributed by atoms with E-state index in [2.05, 4.69) is 30.2 Å². The van der Waals surface area contributed by atoms with Gasteiger partial charge in [0.2, 0.25) is 11.8 Å². The Morgan fingerprint density at radius 1 is 1.00 bits per heavy atom. The zero-order valence-corrected chi connectivity index (χ0v) is 23.2. The number of aromatic nitrogens is 4. The van der Waals surface area contributed by atoms with E-state index in [1.165, 1.54) is 12.1 Å². The highest BCUT2D eigenvalue weighted by Crippen LogP contribution is 2.31. The molecule has 218 valence electrons. The van der Waals surface area contributed by atoms with E-state index in [4.69, 9.17) is 0 Å². The molecule has 4 rings (SSSR count). The first kappa shape index (κ1) is 29.8. The van der Waals surface area contributed by atoms with Crippen molar-refractivity contribution in [1.29, 1.82) is 0 Å². The van der Waals surface area contributed by atoms with Crippen LogP contribution in [0.25, 0.3) is 22.3 Å². The molecule has 2 heterocycles. The Balaban J connectivity index is 1.45. The summed E-state index contributed by atoms with van der Waals surface area (Å²) in [5, 5.41) is 5.70. The van der Waals surface area contributed by atoms with Crippen molar-refractivity contribution >= 4 is 22.8 Å². The SMILES string of the molecule is CCc1nc2ccccc2n1CCC(=O)NC(CCCCCC(=O)NC)c1ncc(-c2ccc(C(F)(F)F)cc2)[nH]1. The van der Waals surface area contributed by atoms with Crippen LogP contribution in [-0.4, -0.2) is 38.4 Å². The van der Waals surface area contributed by atoms with Gasteiger partial charge in [-0.25, -0.2) is 9.97 Å². The Morgan fingerprint density at radius 3 is 2.46 bits per heavy atom. The molecule has 0 fully saturated rings. The molecular weight excluding hydrogens is 533 g/mol.